The van der Waals surface area contributed by atoms with Crippen LogP contribution in [-0.2, 0) is 57.5 Å². The van der Waals surface area contributed by atoms with Crippen LogP contribution in [0.15, 0.2) is 0 Å². The average Bonchev–Trinajstić information content (AvgIpc) is 1.72. The number of alkyl halides is 9. The fraction of sp³-hybridized carbons (Fsp3) is 0.833. The Labute approximate surface area is 615 Å². The summed E-state index contributed by atoms with van der Waals surface area (Å²) >= 11 is 6.34. The van der Waals surface area contributed by atoms with Crippen LogP contribution in [0.3, 0.4) is 0 Å². The number of carbonyl (C=O) groups excluding carboxylic acids is 12. The van der Waals surface area contributed by atoms with Gasteiger partial charge in [0.05, 0.1) is 37.9 Å². The van der Waals surface area contributed by atoms with Gasteiger partial charge in [0.1, 0.15) is 53.9 Å². The lowest BCUT2D eigenvalue weighted by molar-refractivity contribution is -0.184. The Kier molecular flexibility index (Phi) is 29.4. The normalized spacial score (nSPS) is 31.2. The quantitative estimate of drug-likeness (QED) is 0.110. The molecule has 105 heavy (non-hydrogen) atoms. The van der Waals surface area contributed by atoms with Crippen LogP contribution in [0, 0.1) is 41.4 Å². The maximum absolute atomic E-state index is 16.2. The summed E-state index contributed by atoms with van der Waals surface area (Å²) in [5.41, 5.74) is -1.87. The van der Waals surface area contributed by atoms with E-state index in [0.29, 0.717) is 49.8 Å². The molecule has 7 aliphatic rings. The second-order valence-electron chi connectivity index (χ2n) is 31.6. The average molecular weight is 1520 g/mol. The van der Waals surface area contributed by atoms with Crippen molar-refractivity contribution in [3.63, 3.8) is 0 Å². The van der Waals surface area contributed by atoms with Crippen LogP contribution in [0.5, 0.6) is 0 Å². The van der Waals surface area contributed by atoms with Crippen LogP contribution in [0.2, 0.25) is 0 Å². The predicted octanol–water partition coefficient (Wildman–Crippen LogP) is 6.78. The molecule has 0 aromatic rings. The maximum atomic E-state index is 16.2. The third-order valence-electron chi connectivity index (χ3n) is 23.2. The smallest absolute Gasteiger partial charge is 0.347 e. The molecule has 3 aliphatic heterocycles. The molecule has 0 aromatic carbocycles. The van der Waals surface area contributed by atoms with Crippen molar-refractivity contribution in [3.05, 3.63) is 0 Å². The lowest BCUT2D eigenvalue weighted by atomic mass is 9.78. The molecule has 4 saturated carbocycles. The minimum atomic E-state index is -4.63. The van der Waals surface area contributed by atoms with E-state index < -0.39 is 223 Å². The summed E-state index contributed by atoms with van der Waals surface area (Å²) in [5, 5.41) is 9.47. The lowest BCUT2D eigenvalue weighted by Crippen LogP contribution is -2.65. The molecule has 7 fully saturated rings. The highest BCUT2D eigenvalue weighted by molar-refractivity contribution is 6.21. The topological polar surface area (TPSA) is 279 Å². The van der Waals surface area contributed by atoms with Gasteiger partial charge in [-0.05, 0) is 139 Å². The van der Waals surface area contributed by atoms with Crippen molar-refractivity contribution in [1.29, 1.82) is 0 Å². The van der Waals surface area contributed by atoms with Crippen molar-refractivity contribution in [2.24, 2.45) is 41.4 Å². The van der Waals surface area contributed by atoms with Gasteiger partial charge in [-0.1, -0.05) is 66.7 Å². The molecule has 0 radical (unpaired) electrons. The van der Waals surface area contributed by atoms with E-state index in [4.69, 9.17) is 11.6 Å². The fourth-order valence-corrected chi connectivity index (χ4v) is 17.3. The first-order valence-electron chi connectivity index (χ1n) is 37.6. The van der Waals surface area contributed by atoms with Crippen molar-refractivity contribution >= 4 is 82.5 Å². The summed E-state index contributed by atoms with van der Waals surface area (Å²) in [6, 6.07) is -12.0. The molecule has 3 saturated heterocycles. The van der Waals surface area contributed by atoms with Gasteiger partial charge in [-0.25, -0.2) is 8.78 Å². The third-order valence-corrected chi connectivity index (χ3v) is 23.7. The summed E-state index contributed by atoms with van der Waals surface area (Å²) in [6.07, 6.45) is -9.57. The number of halogens is 9. The molecule has 0 bridgehead atoms. The molecule has 4 aliphatic carbocycles. The van der Waals surface area contributed by atoms with Crippen molar-refractivity contribution in [1.82, 2.24) is 60.5 Å². The molecule has 4 N–H and O–H groups in total. The number of nitrogens with one attached hydrogen (secondary N) is 4. The second kappa shape index (κ2) is 36.1. The summed E-state index contributed by atoms with van der Waals surface area (Å²) in [6.45, 7) is 5.79. The van der Waals surface area contributed by atoms with E-state index in [1.54, 1.807) is 34.6 Å². The highest BCUT2D eigenvalue weighted by atomic mass is 35.5. The molecule has 3 heterocycles. The van der Waals surface area contributed by atoms with Gasteiger partial charge in [-0.3, -0.25) is 57.5 Å². The first-order chi connectivity index (χ1) is 49.0. The standard InChI is InChI=1S/C72H111ClF8N12O12/c1-12-31-92-53(35-44-20-24-46(25-21-44)71(76,77)78)65(102)87(8)38-55(94)82-49(27-23-43-22-26-47(48(73)34-43)72(79,80)81)64(101)93-40-70(74,75)37-54(93)61(98)85-69(29-16-17-30-69)68(105)90(11)59(45-18-14-15-19-45)62(99)83-50(63(100)86(6)7)36-56(95)89(10)52(33-41(3)4)60(97)84-58(42(5)13-2)67(104)88(9)39-57(96)91-32-28-51(91)66(92)103/h41-54,58-59H,12-40H2,1-11H3,(H,82,94)(H,83,99)(H,84,97)(H,85,98)/t42-,43?,44?,46?,47?,48?,49-,50-,51-,52-,53-,54-,58-,59-/m0/s1. The summed E-state index contributed by atoms with van der Waals surface area (Å²) in [7, 11) is 8.01. The Morgan fingerprint density at radius 2 is 1.27 bits per heavy atom. The Morgan fingerprint density at radius 1 is 0.648 bits per heavy atom. The Balaban J connectivity index is 1.30. The minimum Gasteiger partial charge on any atom is -0.347 e. The van der Waals surface area contributed by atoms with E-state index in [1.165, 1.54) is 52.1 Å². The molecule has 24 nitrogen and oxygen atoms in total. The SMILES string of the molecule is CCCN1C(=O)[C@@H]2CCN2C(=O)CN(C)C(=O)[C@H]([C@@H](C)CC)NC(=O)[C@H](CC(C)C)N(C)C(=O)C[C@@H](C(=O)N(C)C)NC(=O)[C@H](C2CCCC2)N(C)C(=O)C2(CCCC2)NC(=O)[C@@H]2CC(F)(F)CN2C(=O)[C@H](CCC2CCC(C(F)(F)F)C(Cl)C2)NC(=O)CN(C)C(=O)[C@@H]1CC1CCC(C(F)(F)F)CC1. The zero-order valence-electron chi connectivity index (χ0n) is 62.6. The molecular weight excluding hydrogens is 1410 g/mol. The number of hydrogen-bond acceptors (Lipinski definition) is 12. The van der Waals surface area contributed by atoms with Crippen molar-refractivity contribution in [2.45, 2.75) is 266 Å². The molecule has 594 valence electrons. The largest absolute Gasteiger partial charge is 0.393 e. The van der Waals surface area contributed by atoms with Gasteiger partial charge >= 0.3 is 12.4 Å². The van der Waals surface area contributed by atoms with Gasteiger partial charge in [-0.15, -0.1) is 11.6 Å². The van der Waals surface area contributed by atoms with Crippen LogP contribution in [-0.4, -0.2) is 263 Å². The van der Waals surface area contributed by atoms with Gasteiger partial charge in [0.2, 0.25) is 70.9 Å². The van der Waals surface area contributed by atoms with Gasteiger partial charge in [0.15, 0.2) is 0 Å². The number of hydrogen-bond donors (Lipinski definition) is 4. The molecule has 1 spiro atoms. The van der Waals surface area contributed by atoms with Gasteiger partial charge in [0, 0.05) is 67.2 Å². The van der Waals surface area contributed by atoms with Crippen LogP contribution >= 0.6 is 11.6 Å². The van der Waals surface area contributed by atoms with Crippen LogP contribution in [0.1, 0.15) is 189 Å². The van der Waals surface area contributed by atoms with E-state index >= 15 is 37.5 Å². The number of carbonyl (C=O) groups is 12. The van der Waals surface area contributed by atoms with Gasteiger partial charge in [-0.2, -0.15) is 26.3 Å². The Morgan fingerprint density at radius 3 is 1.82 bits per heavy atom. The first-order valence-corrected chi connectivity index (χ1v) is 38.0. The highest BCUT2D eigenvalue weighted by Crippen LogP contribution is 2.45. The first kappa shape index (κ1) is 85.6. The zero-order valence-corrected chi connectivity index (χ0v) is 63.4. The van der Waals surface area contributed by atoms with Crippen molar-refractivity contribution < 1.29 is 92.7 Å². The molecule has 3 unspecified atom stereocenters. The second-order valence-corrected chi connectivity index (χ2v) is 32.2. The molecular formula is C72H111ClF8N12O12. The molecule has 12 amide bonds. The highest BCUT2D eigenvalue weighted by Gasteiger charge is 2.56. The maximum Gasteiger partial charge on any atom is 0.393 e. The summed E-state index contributed by atoms with van der Waals surface area (Å²) in [4.78, 5) is 187. The monoisotopic (exact) mass is 1520 g/mol. The number of rotatable bonds is 13. The number of amides is 12. The molecule has 0 aromatic heterocycles. The zero-order chi connectivity index (χ0) is 78.1. The lowest BCUT2D eigenvalue weighted by Gasteiger charge is -2.45. The van der Waals surface area contributed by atoms with Crippen molar-refractivity contribution in [3.8, 4) is 0 Å². The molecule has 12 atom stereocenters. The van der Waals surface area contributed by atoms with Crippen LogP contribution in [0.25, 0.3) is 0 Å². The Hall–Kier alpha value is -6.63. The van der Waals surface area contributed by atoms with E-state index in [9.17, 15) is 55.1 Å². The third kappa shape index (κ3) is 21.2. The van der Waals surface area contributed by atoms with E-state index in [0.717, 1.165) is 24.5 Å². The van der Waals surface area contributed by atoms with E-state index in [1.807, 2.05) is 0 Å². The van der Waals surface area contributed by atoms with Crippen LogP contribution in [0.4, 0.5) is 35.1 Å². The Bertz CT molecular complexity index is 3130. The van der Waals surface area contributed by atoms with Crippen molar-refractivity contribution in [2.75, 3.05) is 75.0 Å². The predicted molar refractivity (Wildman–Crippen MR) is 371 cm³/mol. The van der Waals surface area contributed by atoms with E-state index in [2.05, 4.69) is 21.3 Å². The summed E-state index contributed by atoms with van der Waals surface area (Å²) < 4.78 is 117. The van der Waals surface area contributed by atoms with Gasteiger partial charge < -0.3 is 60.5 Å². The minimum absolute atomic E-state index is 0.000278. The van der Waals surface area contributed by atoms with Gasteiger partial charge in [0.25, 0.3) is 5.92 Å². The van der Waals surface area contributed by atoms with Crippen LogP contribution < -0.4 is 21.3 Å². The number of nitrogens with zero attached hydrogens (tertiary/aromatic N) is 8. The number of fused-ring (bicyclic) bond motifs is 2. The fourth-order valence-electron chi connectivity index (χ4n) is 16.8. The molecule has 7 rings (SSSR count). The summed E-state index contributed by atoms with van der Waals surface area (Å²) in [5.74, 6) is -20.1. The molecule has 33 heteroatoms. The van der Waals surface area contributed by atoms with E-state index in [-0.39, 0.29) is 109 Å². The number of likely N-dealkylation sites (N-methyl/N-ethyl adjacent to an activating group) is 5.